The van der Waals surface area contributed by atoms with E-state index in [-0.39, 0.29) is 23.4 Å². The van der Waals surface area contributed by atoms with Crippen molar-refractivity contribution in [1.82, 2.24) is 0 Å². The summed E-state index contributed by atoms with van der Waals surface area (Å²) in [7, 11) is 0. The van der Waals surface area contributed by atoms with Crippen molar-refractivity contribution in [2.75, 3.05) is 5.75 Å². The van der Waals surface area contributed by atoms with Crippen LogP contribution in [0.15, 0.2) is 0 Å². The molecule has 2 atom stereocenters. The van der Waals surface area contributed by atoms with Gasteiger partial charge in [0.1, 0.15) is 0 Å². The van der Waals surface area contributed by atoms with E-state index in [1.807, 2.05) is 13.8 Å². The number of esters is 1. The molecule has 1 rings (SSSR count). The van der Waals surface area contributed by atoms with E-state index in [0.29, 0.717) is 5.75 Å². The number of aliphatic hydroxyl groups is 1. The van der Waals surface area contributed by atoms with Gasteiger partial charge in [-0.15, -0.1) is 11.8 Å². The Labute approximate surface area is 95.6 Å². The molecule has 0 spiro atoms. The predicted molar refractivity (Wildman–Crippen MR) is 61.9 cm³/mol. The fraction of sp³-hybridized carbons (Fsp3) is 0.909. The van der Waals surface area contributed by atoms with Gasteiger partial charge in [0.2, 0.25) is 0 Å². The van der Waals surface area contributed by atoms with E-state index in [0.717, 1.165) is 25.7 Å². The molecule has 4 heteroatoms. The van der Waals surface area contributed by atoms with Gasteiger partial charge in [-0.3, -0.25) is 4.79 Å². The van der Waals surface area contributed by atoms with Crippen LogP contribution in [0.2, 0.25) is 0 Å². The van der Waals surface area contributed by atoms with Gasteiger partial charge in [0, 0.05) is 5.25 Å². The molecule has 1 fully saturated rings. The average Bonchev–Trinajstić information content (AvgIpc) is 2.15. The summed E-state index contributed by atoms with van der Waals surface area (Å²) in [4.78, 5) is 11.3. The third kappa shape index (κ3) is 4.89. The zero-order valence-corrected chi connectivity index (χ0v) is 10.3. The number of carbonyl (C=O) groups is 1. The maximum atomic E-state index is 11.3. The van der Waals surface area contributed by atoms with Crippen molar-refractivity contribution in [3.05, 3.63) is 0 Å². The minimum atomic E-state index is -0.240. The van der Waals surface area contributed by atoms with Crippen LogP contribution in [-0.4, -0.2) is 34.3 Å². The Balaban J connectivity index is 2.20. The van der Waals surface area contributed by atoms with Crippen LogP contribution in [-0.2, 0) is 9.53 Å². The van der Waals surface area contributed by atoms with Crippen molar-refractivity contribution in [2.45, 2.75) is 57.0 Å². The zero-order chi connectivity index (χ0) is 11.3. The van der Waals surface area contributed by atoms with Crippen molar-refractivity contribution in [3.8, 4) is 0 Å². The maximum Gasteiger partial charge on any atom is 0.316 e. The summed E-state index contributed by atoms with van der Waals surface area (Å²) in [6.45, 7) is 3.69. The number of hydrogen-bond acceptors (Lipinski definition) is 4. The van der Waals surface area contributed by atoms with Gasteiger partial charge in [0.25, 0.3) is 0 Å². The number of rotatable bonds is 4. The maximum absolute atomic E-state index is 11.3. The monoisotopic (exact) mass is 232 g/mol. The highest BCUT2D eigenvalue weighted by atomic mass is 32.2. The Morgan fingerprint density at radius 2 is 2.13 bits per heavy atom. The second kappa shape index (κ2) is 6.38. The SMILES string of the molecule is CC(C)OC(=O)CSC1CCCCC1O. The molecule has 2 unspecified atom stereocenters. The fourth-order valence-electron chi connectivity index (χ4n) is 1.74. The Morgan fingerprint density at radius 3 is 2.73 bits per heavy atom. The van der Waals surface area contributed by atoms with Gasteiger partial charge in [-0.1, -0.05) is 12.8 Å². The van der Waals surface area contributed by atoms with Crippen molar-refractivity contribution >= 4 is 17.7 Å². The van der Waals surface area contributed by atoms with E-state index in [4.69, 9.17) is 4.74 Å². The summed E-state index contributed by atoms with van der Waals surface area (Å²) in [6.07, 6.45) is 3.87. The molecule has 0 saturated heterocycles. The van der Waals surface area contributed by atoms with Gasteiger partial charge in [-0.05, 0) is 26.7 Å². The summed E-state index contributed by atoms with van der Waals surface area (Å²) in [6, 6.07) is 0. The highest BCUT2D eigenvalue weighted by molar-refractivity contribution is 8.00. The molecule has 0 heterocycles. The summed E-state index contributed by atoms with van der Waals surface area (Å²) < 4.78 is 5.04. The first-order valence-corrected chi connectivity index (χ1v) is 6.63. The minimum Gasteiger partial charge on any atom is -0.462 e. The molecule has 15 heavy (non-hydrogen) atoms. The molecule has 1 aliphatic carbocycles. The van der Waals surface area contributed by atoms with Crippen LogP contribution in [0.1, 0.15) is 39.5 Å². The molecular formula is C11H20O3S. The summed E-state index contributed by atoms with van der Waals surface area (Å²) >= 11 is 1.53. The molecule has 0 amide bonds. The molecule has 0 aromatic carbocycles. The molecule has 0 radical (unpaired) electrons. The normalized spacial score (nSPS) is 26.7. The highest BCUT2D eigenvalue weighted by Crippen LogP contribution is 2.28. The van der Waals surface area contributed by atoms with Crippen LogP contribution in [0.4, 0.5) is 0 Å². The Hall–Kier alpha value is -0.220. The van der Waals surface area contributed by atoms with Gasteiger partial charge in [0.05, 0.1) is 18.0 Å². The Kier molecular flexibility index (Phi) is 5.47. The van der Waals surface area contributed by atoms with E-state index >= 15 is 0 Å². The Morgan fingerprint density at radius 1 is 1.47 bits per heavy atom. The number of thioether (sulfide) groups is 1. The molecule has 3 nitrogen and oxygen atoms in total. The van der Waals surface area contributed by atoms with Gasteiger partial charge in [0.15, 0.2) is 0 Å². The standard InChI is InChI=1S/C11H20O3S/c1-8(2)14-11(13)7-15-10-6-4-3-5-9(10)12/h8-10,12H,3-7H2,1-2H3. The number of aliphatic hydroxyl groups excluding tert-OH is 1. The van der Waals surface area contributed by atoms with Crippen LogP contribution in [0.3, 0.4) is 0 Å². The predicted octanol–water partition coefficient (Wildman–Crippen LogP) is 1.97. The molecule has 0 bridgehead atoms. The van der Waals surface area contributed by atoms with E-state index < -0.39 is 0 Å². The lowest BCUT2D eigenvalue weighted by Gasteiger charge is -2.26. The average molecular weight is 232 g/mol. The number of carbonyl (C=O) groups excluding carboxylic acids is 1. The van der Waals surface area contributed by atoms with E-state index in [2.05, 4.69) is 0 Å². The summed E-state index contributed by atoms with van der Waals surface area (Å²) in [5.74, 6) is 0.188. The quantitative estimate of drug-likeness (QED) is 0.753. The van der Waals surface area contributed by atoms with E-state index in [1.54, 1.807) is 0 Å². The lowest BCUT2D eigenvalue weighted by atomic mass is 9.97. The second-order valence-corrected chi connectivity index (χ2v) is 5.47. The smallest absolute Gasteiger partial charge is 0.316 e. The van der Waals surface area contributed by atoms with Crippen LogP contribution < -0.4 is 0 Å². The van der Waals surface area contributed by atoms with E-state index in [1.165, 1.54) is 11.8 Å². The third-order valence-corrected chi connectivity index (χ3v) is 3.83. The molecule has 0 aromatic heterocycles. The van der Waals surface area contributed by atoms with Gasteiger partial charge in [-0.25, -0.2) is 0 Å². The van der Waals surface area contributed by atoms with Crippen molar-refractivity contribution < 1.29 is 14.6 Å². The molecule has 0 aliphatic heterocycles. The van der Waals surface area contributed by atoms with Gasteiger partial charge >= 0.3 is 5.97 Å². The molecule has 1 N–H and O–H groups in total. The molecular weight excluding hydrogens is 212 g/mol. The first-order valence-electron chi connectivity index (χ1n) is 5.58. The van der Waals surface area contributed by atoms with Crippen LogP contribution in [0, 0.1) is 0 Å². The van der Waals surface area contributed by atoms with Crippen molar-refractivity contribution in [2.24, 2.45) is 0 Å². The van der Waals surface area contributed by atoms with Gasteiger partial charge in [-0.2, -0.15) is 0 Å². The first-order chi connectivity index (χ1) is 7.09. The summed E-state index contributed by atoms with van der Waals surface area (Å²) in [5, 5.41) is 9.91. The third-order valence-electron chi connectivity index (χ3n) is 2.45. The summed E-state index contributed by atoms with van der Waals surface area (Å²) in [5.41, 5.74) is 0. The molecule has 1 saturated carbocycles. The number of ether oxygens (including phenoxy) is 1. The largest absolute Gasteiger partial charge is 0.462 e. The molecule has 88 valence electrons. The van der Waals surface area contributed by atoms with Gasteiger partial charge < -0.3 is 9.84 Å². The van der Waals surface area contributed by atoms with Crippen LogP contribution >= 0.6 is 11.8 Å². The minimum absolute atomic E-state index is 0.0469. The topological polar surface area (TPSA) is 46.5 Å². The van der Waals surface area contributed by atoms with Crippen molar-refractivity contribution in [3.63, 3.8) is 0 Å². The molecule has 1 aliphatic rings. The fourth-order valence-corrected chi connectivity index (χ4v) is 2.85. The van der Waals surface area contributed by atoms with E-state index in [9.17, 15) is 9.90 Å². The second-order valence-electron chi connectivity index (χ2n) is 4.24. The first kappa shape index (κ1) is 12.8. The zero-order valence-electron chi connectivity index (χ0n) is 9.44. The van der Waals surface area contributed by atoms with Crippen molar-refractivity contribution in [1.29, 1.82) is 0 Å². The highest BCUT2D eigenvalue weighted by Gasteiger charge is 2.24. The van der Waals surface area contributed by atoms with Crippen LogP contribution in [0.5, 0.6) is 0 Å². The molecule has 0 aromatic rings. The lowest BCUT2D eigenvalue weighted by molar-refractivity contribution is -0.144. The lowest BCUT2D eigenvalue weighted by Crippen LogP contribution is -2.28. The Bertz CT molecular complexity index is 206. The number of hydrogen-bond donors (Lipinski definition) is 1. The van der Waals surface area contributed by atoms with Crippen LogP contribution in [0.25, 0.3) is 0 Å².